The van der Waals surface area contributed by atoms with E-state index in [4.69, 9.17) is 0 Å². The number of carbonyl (C=O) groups is 1. The molecule has 3 aromatic rings. The lowest BCUT2D eigenvalue weighted by Gasteiger charge is -2.18. The predicted octanol–water partition coefficient (Wildman–Crippen LogP) is 3.46. The third-order valence-corrected chi connectivity index (χ3v) is 6.77. The highest BCUT2D eigenvalue weighted by Gasteiger charge is 2.21. The number of amides is 1. The first-order valence-corrected chi connectivity index (χ1v) is 10.8. The molecule has 1 heterocycles. The molecule has 0 aliphatic heterocycles. The molecule has 29 heavy (non-hydrogen) atoms. The van der Waals surface area contributed by atoms with Crippen LogP contribution in [-0.4, -0.2) is 41.5 Å². The normalized spacial score (nSPS) is 11.6. The van der Waals surface area contributed by atoms with E-state index in [1.54, 1.807) is 30.7 Å². The minimum Gasteiger partial charge on any atom is -0.322 e. The van der Waals surface area contributed by atoms with Crippen LogP contribution in [0.15, 0.2) is 65.7 Å². The topological polar surface area (TPSA) is 84.3 Å². The van der Waals surface area contributed by atoms with Gasteiger partial charge in [0, 0.05) is 18.8 Å². The van der Waals surface area contributed by atoms with Gasteiger partial charge in [-0.2, -0.15) is 9.40 Å². The van der Waals surface area contributed by atoms with E-state index >= 15 is 0 Å². The van der Waals surface area contributed by atoms with Gasteiger partial charge in [0.15, 0.2) is 0 Å². The van der Waals surface area contributed by atoms with Crippen LogP contribution in [0.2, 0.25) is 0 Å². The maximum Gasteiger partial charge on any atom is 0.259 e. The molecular formula is C21H24N4O3S. The van der Waals surface area contributed by atoms with Crippen molar-refractivity contribution < 1.29 is 13.2 Å². The minimum absolute atomic E-state index is 0.201. The van der Waals surface area contributed by atoms with E-state index in [0.717, 1.165) is 11.4 Å². The monoisotopic (exact) mass is 412 g/mol. The molecule has 7 nitrogen and oxygen atoms in total. The van der Waals surface area contributed by atoms with Gasteiger partial charge in [-0.3, -0.25) is 4.79 Å². The summed E-state index contributed by atoms with van der Waals surface area (Å²) >= 11 is 0. The molecule has 0 atom stereocenters. The fraction of sp³-hybridized carbons (Fsp3) is 0.238. The SMILES string of the molecule is CCN(CC)S(=O)(=O)c1ccc(NC(=O)c2cnn(-c3ccccc3)c2C)cc1. The molecule has 0 bridgehead atoms. The lowest BCUT2D eigenvalue weighted by molar-refractivity contribution is 0.102. The Labute approximate surface area is 171 Å². The zero-order valence-corrected chi connectivity index (χ0v) is 17.5. The Morgan fingerprint density at radius 3 is 2.24 bits per heavy atom. The summed E-state index contributed by atoms with van der Waals surface area (Å²) in [7, 11) is -3.53. The largest absolute Gasteiger partial charge is 0.322 e. The Kier molecular flexibility index (Phi) is 6.14. The highest BCUT2D eigenvalue weighted by atomic mass is 32.2. The van der Waals surface area contributed by atoms with Crippen molar-refractivity contribution in [1.82, 2.24) is 14.1 Å². The van der Waals surface area contributed by atoms with E-state index in [0.29, 0.717) is 24.3 Å². The van der Waals surface area contributed by atoms with Crippen LogP contribution in [0.4, 0.5) is 5.69 Å². The fourth-order valence-electron chi connectivity index (χ4n) is 3.08. The second-order valence-corrected chi connectivity index (χ2v) is 8.40. The van der Waals surface area contributed by atoms with Gasteiger partial charge in [-0.15, -0.1) is 0 Å². The summed E-state index contributed by atoms with van der Waals surface area (Å²) in [5.41, 5.74) is 2.55. The molecule has 152 valence electrons. The Balaban J connectivity index is 1.78. The summed E-state index contributed by atoms with van der Waals surface area (Å²) < 4.78 is 28.2. The fourth-order valence-corrected chi connectivity index (χ4v) is 4.54. The number of rotatable bonds is 7. The van der Waals surface area contributed by atoms with Crippen LogP contribution in [0.3, 0.4) is 0 Å². The van der Waals surface area contributed by atoms with Crippen molar-refractivity contribution >= 4 is 21.6 Å². The van der Waals surface area contributed by atoms with Gasteiger partial charge in [0.25, 0.3) is 5.91 Å². The lowest BCUT2D eigenvalue weighted by atomic mass is 10.2. The van der Waals surface area contributed by atoms with Gasteiger partial charge < -0.3 is 5.32 Å². The van der Waals surface area contributed by atoms with E-state index in [9.17, 15) is 13.2 Å². The molecule has 1 amide bonds. The molecule has 1 aromatic heterocycles. The lowest BCUT2D eigenvalue weighted by Crippen LogP contribution is -2.30. The standard InChI is InChI=1S/C21H24N4O3S/c1-4-24(5-2)29(27,28)19-13-11-17(12-14-19)23-21(26)20-15-22-25(16(20)3)18-9-7-6-8-10-18/h6-15H,4-5H2,1-3H3,(H,23,26). The molecule has 0 saturated carbocycles. The molecule has 0 aliphatic rings. The first-order valence-electron chi connectivity index (χ1n) is 9.40. The number of para-hydroxylation sites is 1. The number of carbonyl (C=O) groups excluding carboxylic acids is 1. The highest BCUT2D eigenvalue weighted by molar-refractivity contribution is 7.89. The Morgan fingerprint density at radius 2 is 1.66 bits per heavy atom. The average molecular weight is 413 g/mol. The summed E-state index contributed by atoms with van der Waals surface area (Å²) in [4.78, 5) is 12.9. The van der Waals surface area contributed by atoms with Gasteiger partial charge in [0.2, 0.25) is 10.0 Å². The Bertz CT molecular complexity index is 1090. The van der Waals surface area contributed by atoms with Crippen LogP contribution < -0.4 is 5.32 Å². The van der Waals surface area contributed by atoms with Gasteiger partial charge in [0.05, 0.1) is 28.0 Å². The molecule has 3 rings (SSSR count). The maximum atomic E-state index is 12.7. The number of hydrogen-bond acceptors (Lipinski definition) is 4. The molecule has 8 heteroatoms. The van der Waals surface area contributed by atoms with Gasteiger partial charge in [-0.1, -0.05) is 32.0 Å². The van der Waals surface area contributed by atoms with Crippen LogP contribution in [0.1, 0.15) is 29.9 Å². The Morgan fingerprint density at radius 1 is 1.03 bits per heavy atom. The molecule has 0 aliphatic carbocycles. The van der Waals surface area contributed by atoms with Gasteiger partial charge in [-0.25, -0.2) is 13.1 Å². The number of aromatic nitrogens is 2. The third kappa shape index (κ3) is 4.23. The molecule has 0 saturated heterocycles. The maximum absolute atomic E-state index is 12.7. The van der Waals surface area contributed by atoms with Crippen LogP contribution in [0, 0.1) is 6.92 Å². The quantitative estimate of drug-likeness (QED) is 0.644. The summed E-state index contributed by atoms with van der Waals surface area (Å²) in [5.74, 6) is -0.302. The number of sulfonamides is 1. The van der Waals surface area contributed by atoms with Gasteiger partial charge >= 0.3 is 0 Å². The third-order valence-electron chi connectivity index (χ3n) is 4.71. The zero-order valence-electron chi connectivity index (χ0n) is 16.7. The summed E-state index contributed by atoms with van der Waals surface area (Å²) in [6.45, 7) is 6.24. The van der Waals surface area contributed by atoms with Crippen molar-refractivity contribution in [2.24, 2.45) is 0 Å². The van der Waals surface area contributed by atoms with Crippen molar-refractivity contribution in [3.63, 3.8) is 0 Å². The van der Waals surface area contributed by atoms with Crippen LogP contribution in [-0.2, 0) is 10.0 Å². The minimum atomic E-state index is -3.53. The molecule has 2 aromatic carbocycles. The Hall–Kier alpha value is -2.97. The molecular weight excluding hydrogens is 388 g/mol. The number of nitrogens with one attached hydrogen (secondary N) is 1. The van der Waals surface area contributed by atoms with Crippen molar-refractivity contribution in [2.75, 3.05) is 18.4 Å². The summed E-state index contributed by atoms with van der Waals surface area (Å²) in [6.07, 6.45) is 1.52. The average Bonchev–Trinajstić information content (AvgIpc) is 3.11. The van der Waals surface area contributed by atoms with Crippen LogP contribution >= 0.6 is 0 Å². The summed E-state index contributed by atoms with van der Waals surface area (Å²) in [6, 6.07) is 15.7. The van der Waals surface area contributed by atoms with Crippen molar-refractivity contribution in [3.05, 3.63) is 72.1 Å². The van der Waals surface area contributed by atoms with E-state index < -0.39 is 10.0 Å². The van der Waals surface area contributed by atoms with Crippen LogP contribution in [0.5, 0.6) is 0 Å². The van der Waals surface area contributed by atoms with E-state index in [1.165, 1.54) is 22.6 Å². The second-order valence-electron chi connectivity index (χ2n) is 6.46. The van der Waals surface area contributed by atoms with Crippen molar-refractivity contribution in [2.45, 2.75) is 25.7 Å². The molecule has 0 spiro atoms. The van der Waals surface area contributed by atoms with E-state index in [1.807, 2.05) is 37.3 Å². The molecule has 1 N–H and O–H groups in total. The highest BCUT2D eigenvalue weighted by Crippen LogP contribution is 2.20. The smallest absolute Gasteiger partial charge is 0.259 e. The molecule has 0 unspecified atom stereocenters. The van der Waals surface area contributed by atoms with Crippen molar-refractivity contribution in [3.8, 4) is 5.69 Å². The number of anilines is 1. The number of benzene rings is 2. The van der Waals surface area contributed by atoms with E-state index in [-0.39, 0.29) is 10.8 Å². The number of hydrogen-bond donors (Lipinski definition) is 1. The van der Waals surface area contributed by atoms with E-state index in [2.05, 4.69) is 10.4 Å². The van der Waals surface area contributed by atoms with Crippen molar-refractivity contribution in [1.29, 1.82) is 0 Å². The zero-order chi connectivity index (χ0) is 21.0. The molecule has 0 fully saturated rings. The predicted molar refractivity (Wildman–Crippen MR) is 113 cm³/mol. The van der Waals surface area contributed by atoms with Gasteiger partial charge in [-0.05, 0) is 43.3 Å². The second kappa shape index (κ2) is 8.59. The number of nitrogens with zero attached hydrogens (tertiary/aromatic N) is 3. The van der Waals surface area contributed by atoms with Gasteiger partial charge in [0.1, 0.15) is 0 Å². The van der Waals surface area contributed by atoms with Crippen LogP contribution in [0.25, 0.3) is 5.69 Å². The summed E-state index contributed by atoms with van der Waals surface area (Å²) in [5, 5.41) is 7.10. The first kappa shape index (κ1) is 20.8. The molecule has 0 radical (unpaired) electrons. The first-order chi connectivity index (χ1) is 13.9.